The van der Waals surface area contributed by atoms with Crippen LogP contribution >= 0.6 is 0 Å². The Labute approximate surface area is 134 Å². The standard InChI is InChI=1S/C18H30N2O2/c1-4-7-10-14-13-17(20(21)22)18(19)16(12-9-6-3)15(14)11-8-5-2/h13H,4-12,19H2,1-3H3. The molecule has 0 aliphatic carbocycles. The molecule has 0 spiro atoms. The quantitative estimate of drug-likeness (QED) is 0.367. The highest BCUT2D eigenvalue weighted by atomic mass is 16.6. The summed E-state index contributed by atoms with van der Waals surface area (Å²) < 4.78 is 0. The highest BCUT2D eigenvalue weighted by Crippen LogP contribution is 2.34. The van der Waals surface area contributed by atoms with Crippen molar-refractivity contribution in [3.8, 4) is 0 Å². The lowest BCUT2D eigenvalue weighted by Gasteiger charge is -2.17. The predicted octanol–water partition coefficient (Wildman–Crippen LogP) is 5.20. The van der Waals surface area contributed by atoms with Crippen LogP contribution in [0.5, 0.6) is 0 Å². The number of unbranched alkanes of at least 4 members (excludes halogenated alkanes) is 3. The van der Waals surface area contributed by atoms with E-state index >= 15 is 0 Å². The van der Waals surface area contributed by atoms with Gasteiger partial charge in [0.25, 0.3) is 5.69 Å². The maximum Gasteiger partial charge on any atom is 0.292 e. The first-order chi connectivity index (χ1) is 10.6. The fraction of sp³-hybridized carbons (Fsp3) is 0.667. The van der Waals surface area contributed by atoms with Crippen molar-refractivity contribution in [1.82, 2.24) is 0 Å². The van der Waals surface area contributed by atoms with E-state index in [1.807, 2.05) is 0 Å². The Hall–Kier alpha value is -1.58. The van der Waals surface area contributed by atoms with Gasteiger partial charge < -0.3 is 5.73 Å². The fourth-order valence-corrected chi connectivity index (χ4v) is 2.89. The van der Waals surface area contributed by atoms with Gasteiger partial charge in [-0.1, -0.05) is 40.0 Å². The van der Waals surface area contributed by atoms with Gasteiger partial charge in [0.05, 0.1) is 4.92 Å². The molecule has 0 unspecified atom stereocenters. The van der Waals surface area contributed by atoms with Gasteiger partial charge in [0.15, 0.2) is 0 Å². The van der Waals surface area contributed by atoms with Gasteiger partial charge in [-0.05, 0) is 55.2 Å². The molecule has 0 bridgehead atoms. The van der Waals surface area contributed by atoms with Crippen LogP contribution in [0.3, 0.4) is 0 Å². The summed E-state index contributed by atoms with van der Waals surface area (Å²) in [6.45, 7) is 6.46. The van der Waals surface area contributed by atoms with E-state index < -0.39 is 0 Å². The smallest absolute Gasteiger partial charge is 0.292 e. The summed E-state index contributed by atoms with van der Waals surface area (Å²) in [6, 6.07) is 1.73. The lowest BCUT2D eigenvalue weighted by Crippen LogP contribution is -2.09. The number of rotatable bonds is 10. The monoisotopic (exact) mass is 306 g/mol. The third-order valence-electron chi connectivity index (χ3n) is 4.22. The summed E-state index contributed by atoms with van der Waals surface area (Å²) in [7, 11) is 0. The second-order valence-corrected chi connectivity index (χ2v) is 5.99. The zero-order valence-electron chi connectivity index (χ0n) is 14.3. The molecule has 4 nitrogen and oxygen atoms in total. The van der Waals surface area contributed by atoms with E-state index in [4.69, 9.17) is 5.73 Å². The van der Waals surface area contributed by atoms with E-state index in [0.717, 1.165) is 68.9 Å². The minimum absolute atomic E-state index is 0.0949. The van der Waals surface area contributed by atoms with E-state index in [2.05, 4.69) is 20.8 Å². The van der Waals surface area contributed by atoms with E-state index in [1.165, 1.54) is 5.56 Å². The summed E-state index contributed by atoms with van der Waals surface area (Å²) in [5.74, 6) is 0. The molecule has 22 heavy (non-hydrogen) atoms. The Morgan fingerprint density at radius 1 is 0.955 bits per heavy atom. The third-order valence-corrected chi connectivity index (χ3v) is 4.22. The van der Waals surface area contributed by atoms with Crippen molar-refractivity contribution in [3.63, 3.8) is 0 Å². The number of nitro groups is 1. The zero-order valence-corrected chi connectivity index (χ0v) is 14.3. The molecule has 0 heterocycles. The van der Waals surface area contributed by atoms with Crippen molar-refractivity contribution in [3.05, 3.63) is 32.9 Å². The van der Waals surface area contributed by atoms with Gasteiger partial charge >= 0.3 is 0 Å². The van der Waals surface area contributed by atoms with Crippen molar-refractivity contribution >= 4 is 11.4 Å². The molecule has 0 saturated heterocycles. The van der Waals surface area contributed by atoms with Crippen LogP contribution in [0.15, 0.2) is 6.07 Å². The first-order valence-electron chi connectivity index (χ1n) is 8.64. The minimum atomic E-state index is -0.330. The number of nitrogens with zero attached hydrogens (tertiary/aromatic N) is 1. The van der Waals surface area contributed by atoms with Crippen LogP contribution in [0.4, 0.5) is 11.4 Å². The highest BCUT2D eigenvalue weighted by molar-refractivity contribution is 5.68. The van der Waals surface area contributed by atoms with Crippen LogP contribution in [0, 0.1) is 10.1 Å². The molecule has 4 heteroatoms. The van der Waals surface area contributed by atoms with Crippen LogP contribution in [0.2, 0.25) is 0 Å². The highest BCUT2D eigenvalue weighted by Gasteiger charge is 2.21. The summed E-state index contributed by atoms with van der Waals surface area (Å²) in [5, 5.41) is 11.3. The Morgan fingerprint density at radius 3 is 1.95 bits per heavy atom. The molecule has 2 N–H and O–H groups in total. The van der Waals surface area contributed by atoms with Crippen molar-refractivity contribution < 1.29 is 4.92 Å². The third kappa shape index (κ3) is 4.72. The Morgan fingerprint density at radius 2 is 1.45 bits per heavy atom. The van der Waals surface area contributed by atoms with Crippen LogP contribution in [0.25, 0.3) is 0 Å². The van der Waals surface area contributed by atoms with E-state index in [-0.39, 0.29) is 10.6 Å². The molecule has 1 rings (SSSR count). The molecule has 0 aliphatic rings. The van der Waals surface area contributed by atoms with Crippen molar-refractivity contribution in [1.29, 1.82) is 0 Å². The van der Waals surface area contributed by atoms with Crippen LogP contribution < -0.4 is 5.73 Å². The summed E-state index contributed by atoms with van der Waals surface area (Å²) in [4.78, 5) is 11.0. The maximum absolute atomic E-state index is 11.3. The largest absolute Gasteiger partial charge is 0.393 e. The Balaban J connectivity index is 3.35. The molecule has 1 aromatic rings. The molecule has 1 aromatic carbocycles. The van der Waals surface area contributed by atoms with Crippen molar-refractivity contribution in [2.75, 3.05) is 5.73 Å². The number of hydrogen-bond acceptors (Lipinski definition) is 3. The predicted molar refractivity (Wildman–Crippen MR) is 93.3 cm³/mol. The molecular weight excluding hydrogens is 276 g/mol. The lowest BCUT2D eigenvalue weighted by molar-refractivity contribution is -0.384. The molecule has 0 saturated carbocycles. The molecule has 124 valence electrons. The number of aryl methyl sites for hydroxylation is 1. The molecule has 0 radical (unpaired) electrons. The second kappa shape index (κ2) is 9.44. The number of benzene rings is 1. The van der Waals surface area contributed by atoms with Gasteiger partial charge in [0, 0.05) is 6.07 Å². The summed E-state index contributed by atoms with van der Waals surface area (Å²) >= 11 is 0. The van der Waals surface area contributed by atoms with Crippen molar-refractivity contribution in [2.45, 2.75) is 78.6 Å². The van der Waals surface area contributed by atoms with Crippen LogP contribution in [0.1, 0.15) is 76.0 Å². The summed E-state index contributed by atoms with van der Waals surface area (Å²) in [5.41, 5.74) is 10.1. The SMILES string of the molecule is CCCCc1cc([N+](=O)[O-])c(N)c(CCCC)c1CCCC. The number of nitro benzene ring substituents is 1. The van der Waals surface area contributed by atoms with E-state index in [0.29, 0.717) is 5.69 Å². The van der Waals surface area contributed by atoms with Gasteiger partial charge in [0.1, 0.15) is 5.69 Å². The normalized spacial score (nSPS) is 10.9. The number of nitrogens with two attached hydrogens (primary N) is 1. The molecule has 0 atom stereocenters. The molecule has 0 fully saturated rings. The number of hydrogen-bond donors (Lipinski definition) is 1. The van der Waals surface area contributed by atoms with Crippen LogP contribution in [-0.2, 0) is 19.3 Å². The van der Waals surface area contributed by atoms with E-state index in [1.54, 1.807) is 6.07 Å². The minimum Gasteiger partial charge on any atom is -0.393 e. The molecule has 0 aliphatic heterocycles. The first kappa shape index (κ1) is 18.5. The molecule has 0 amide bonds. The van der Waals surface area contributed by atoms with Gasteiger partial charge in [-0.15, -0.1) is 0 Å². The zero-order chi connectivity index (χ0) is 16.5. The summed E-state index contributed by atoms with van der Waals surface area (Å²) in [6.07, 6.45) is 9.22. The van der Waals surface area contributed by atoms with Crippen LogP contribution in [-0.4, -0.2) is 4.92 Å². The number of anilines is 1. The maximum atomic E-state index is 11.3. The Bertz CT molecular complexity index is 498. The Kier molecular flexibility index (Phi) is 7.92. The average Bonchev–Trinajstić information content (AvgIpc) is 2.50. The second-order valence-electron chi connectivity index (χ2n) is 5.99. The lowest BCUT2D eigenvalue weighted by atomic mass is 9.89. The van der Waals surface area contributed by atoms with Gasteiger partial charge in [-0.3, -0.25) is 10.1 Å². The number of nitrogen functional groups attached to an aromatic ring is 1. The fourth-order valence-electron chi connectivity index (χ4n) is 2.89. The van der Waals surface area contributed by atoms with Crippen molar-refractivity contribution in [2.24, 2.45) is 0 Å². The average molecular weight is 306 g/mol. The van der Waals surface area contributed by atoms with Gasteiger partial charge in [0.2, 0.25) is 0 Å². The van der Waals surface area contributed by atoms with E-state index in [9.17, 15) is 10.1 Å². The topological polar surface area (TPSA) is 69.2 Å². The first-order valence-corrected chi connectivity index (χ1v) is 8.64. The van der Waals surface area contributed by atoms with Gasteiger partial charge in [-0.25, -0.2) is 0 Å². The van der Waals surface area contributed by atoms with Gasteiger partial charge in [-0.2, -0.15) is 0 Å². The molecule has 0 aromatic heterocycles. The molecular formula is C18H30N2O2.